The number of nitrogens with zero attached hydrogens (tertiary/aromatic N) is 1. The Hall–Kier alpha value is -2.92. The van der Waals surface area contributed by atoms with Crippen molar-refractivity contribution in [3.8, 4) is 5.75 Å². The number of nitrogens with one attached hydrogen (secondary N) is 1. The van der Waals surface area contributed by atoms with E-state index < -0.39 is 6.04 Å². The molecule has 0 saturated carbocycles. The van der Waals surface area contributed by atoms with E-state index in [9.17, 15) is 4.79 Å². The van der Waals surface area contributed by atoms with Crippen LogP contribution in [0, 0.1) is 0 Å². The number of rotatable bonds is 5. The minimum absolute atomic E-state index is 0.312. The average molecular weight is 321 g/mol. The molecule has 3 rings (SSSR count). The molecule has 122 valence electrons. The van der Waals surface area contributed by atoms with E-state index in [-0.39, 0.29) is 5.91 Å². The summed E-state index contributed by atoms with van der Waals surface area (Å²) in [5.41, 5.74) is 11.3. The molecule has 0 fully saturated rings. The first-order chi connectivity index (χ1) is 11.7. The molecule has 5 nitrogen and oxygen atoms in total. The predicted molar refractivity (Wildman–Crippen MR) is 94.7 cm³/mol. The maximum Gasteiger partial charge on any atom is 0.257 e. The normalized spacial score (nSPS) is 14.5. The molecule has 1 amide bonds. The third-order valence-corrected chi connectivity index (χ3v) is 3.69. The Kier molecular flexibility index (Phi) is 5.03. The molecular weight excluding hydrogens is 302 g/mol. The average Bonchev–Trinajstić information content (AvgIpc) is 2.62. The molecule has 0 aromatic heterocycles. The van der Waals surface area contributed by atoms with E-state index in [1.54, 1.807) is 6.21 Å². The maximum atomic E-state index is 12.0. The number of para-hydroxylation sites is 1. The molecule has 0 unspecified atom stereocenters. The Morgan fingerprint density at radius 2 is 1.96 bits per heavy atom. The van der Waals surface area contributed by atoms with Crippen LogP contribution in [0.15, 0.2) is 65.3 Å². The molecule has 5 heteroatoms. The third-order valence-electron chi connectivity index (χ3n) is 3.69. The number of ether oxygens (including phenoxy) is 1. The van der Waals surface area contributed by atoms with E-state index in [2.05, 4.69) is 10.5 Å². The highest BCUT2D eigenvalue weighted by Gasteiger charge is 2.13. The minimum Gasteiger partial charge on any atom is -0.488 e. The Morgan fingerprint density at radius 1 is 1.21 bits per heavy atom. The van der Waals surface area contributed by atoms with Gasteiger partial charge in [0, 0.05) is 11.1 Å². The van der Waals surface area contributed by atoms with E-state index in [1.165, 1.54) is 0 Å². The number of benzene rings is 2. The highest BCUT2D eigenvalue weighted by atomic mass is 16.5. The second-order valence-corrected chi connectivity index (χ2v) is 5.58. The zero-order chi connectivity index (χ0) is 16.8. The van der Waals surface area contributed by atoms with Crippen molar-refractivity contribution < 1.29 is 9.53 Å². The molecular formula is C19H19N3O2. The molecule has 0 radical (unpaired) electrons. The maximum absolute atomic E-state index is 12.0. The van der Waals surface area contributed by atoms with Crippen molar-refractivity contribution in [1.29, 1.82) is 0 Å². The van der Waals surface area contributed by atoms with Crippen molar-refractivity contribution in [2.24, 2.45) is 10.8 Å². The molecule has 2 aromatic carbocycles. The number of carbonyl (C=O) groups excluding carboxylic acids is 1. The van der Waals surface area contributed by atoms with Crippen LogP contribution in [0.4, 0.5) is 0 Å². The second kappa shape index (κ2) is 7.57. The summed E-state index contributed by atoms with van der Waals surface area (Å²) >= 11 is 0. The van der Waals surface area contributed by atoms with Crippen LogP contribution >= 0.6 is 0 Å². The molecule has 0 bridgehead atoms. The van der Waals surface area contributed by atoms with Gasteiger partial charge in [0.1, 0.15) is 12.4 Å². The predicted octanol–water partition coefficient (Wildman–Crippen LogP) is 2.13. The van der Waals surface area contributed by atoms with Crippen molar-refractivity contribution in [1.82, 2.24) is 5.43 Å². The molecule has 1 atom stereocenters. The lowest BCUT2D eigenvalue weighted by Gasteiger charge is -2.15. The fourth-order valence-corrected chi connectivity index (χ4v) is 2.43. The lowest BCUT2D eigenvalue weighted by Crippen LogP contribution is -2.40. The van der Waals surface area contributed by atoms with Crippen LogP contribution in [0.3, 0.4) is 0 Å². The summed E-state index contributed by atoms with van der Waals surface area (Å²) in [6.45, 7) is 0.423. The molecule has 1 aliphatic heterocycles. The number of nitrogens with two attached hydrogens (primary N) is 1. The van der Waals surface area contributed by atoms with Gasteiger partial charge < -0.3 is 10.5 Å². The topological polar surface area (TPSA) is 76.7 Å². The smallest absolute Gasteiger partial charge is 0.257 e. The van der Waals surface area contributed by atoms with Gasteiger partial charge in [-0.3, -0.25) is 4.79 Å². The highest BCUT2D eigenvalue weighted by molar-refractivity contribution is 5.89. The van der Waals surface area contributed by atoms with E-state index in [0.717, 1.165) is 22.4 Å². The van der Waals surface area contributed by atoms with Gasteiger partial charge in [-0.1, -0.05) is 48.5 Å². The SMILES string of the molecule is N[C@H](Cc1ccccc1)C(=O)NN=CC1=Cc2ccccc2OC1. The number of carbonyl (C=O) groups is 1. The first kappa shape index (κ1) is 16.0. The first-order valence-electron chi connectivity index (χ1n) is 7.77. The number of fused-ring (bicyclic) bond motifs is 1. The number of hydrogen-bond acceptors (Lipinski definition) is 4. The number of hydrogen-bond donors (Lipinski definition) is 2. The summed E-state index contributed by atoms with van der Waals surface area (Å²) in [6.07, 6.45) is 4.04. The quantitative estimate of drug-likeness (QED) is 0.654. The number of amides is 1. The summed E-state index contributed by atoms with van der Waals surface area (Å²) in [6, 6.07) is 16.8. The third kappa shape index (κ3) is 4.08. The molecule has 0 aliphatic carbocycles. The summed E-state index contributed by atoms with van der Waals surface area (Å²) in [4.78, 5) is 12.0. The van der Waals surface area contributed by atoms with Crippen molar-refractivity contribution in [2.75, 3.05) is 6.61 Å². The Morgan fingerprint density at radius 3 is 2.79 bits per heavy atom. The molecule has 0 saturated heterocycles. The summed E-state index contributed by atoms with van der Waals surface area (Å²) in [7, 11) is 0. The fourth-order valence-electron chi connectivity index (χ4n) is 2.43. The van der Waals surface area contributed by atoms with Crippen LogP contribution in [-0.4, -0.2) is 24.8 Å². The van der Waals surface area contributed by atoms with E-state index in [0.29, 0.717) is 13.0 Å². The van der Waals surface area contributed by atoms with Crippen LogP contribution in [0.2, 0.25) is 0 Å². The van der Waals surface area contributed by atoms with Crippen LogP contribution in [-0.2, 0) is 11.2 Å². The van der Waals surface area contributed by atoms with Gasteiger partial charge in [-0.15, -0.1) is 0 Å². The molecule has 0 spiro atoms. The monoisotopic (exact) mass is 321 g/mol. The van der Waals surface area contributed by atoms with Crippen LogP contribution in [0.5, 0.6) is 5.75 Å². The van der Waals surface area contributed by atoms with E-state index >= 15 is 0 Å². The van der Waals surface area contributed by atoms with Gasteiger partial charge in [-0.2, -0.15) is 5.10 Å². The standard InChI is InChI=1S/C19H19N3O2/c20-17(11-14-6-2-1-3-7-14)19(23)22-21-12-15-10-16-8-4-5-9-18(16)24-13-15/h1-10,12,17H,11,13,20H2,(H,22,23)/t17-/m1/s1. The lowest BCUT2D eigenvalue weighted by molar-refractivity contribution is -0.122. The Bertz CT molecular complexity index is 769. The summed E-state index contributed by atoms with van der Waals surface area (Å²) in [5, 5.41) is 3.98. The van der Waals surface area contributed by atoms with E-state index in [4.69, 9.17) is 10.5 Å². The summed E-state index contributed by atoms with van der Waals surface area (Å²) in [5.74, 6) is 0.538. The second-order valence-electron chi connectivity index (χ2n) is 5.58. The molecule has 1 heterocycles. The van der Waals surface area contributed by atoms with Gasteiger partial charge in [-0.05, 0) is 24.1 Å². The van der Waals surface area contributed by atoms with Gasteiger partial charge in [0.15, 0.2) is 0 Å². The highest BCUT2D eigenvalue weighted by Crippen LogP contribution is 2.24. The summed E-state index contributed by atoms with van der Waals surface area (Å²) < 4.78 is 5.62. The van der Waals surface area contributed by atoms with Gasteiger partial charge in [0.25, 0.3) is 5.91 Å². The molecule has 2 aromatic rings. The van der Waals surface area contributed by atoms with Gasteiger partial charge in [0.2, 0.25) is 0 Å². The zero-order valence-electron chi connectivity index (χ0n) is 13.2. The van der Waals surface area contributed by atoms with Crippen molar-refractivity contribution in [3.63, 3.8) is 0 Å². The van der Waals surface area contributed by atoms with Gasteiger partial charge in [0.05, 0.1) is 12.3 Å². The first-order valence-corrected chi connectivity index (χ1v) is 7.77. The van der Waals surface area contributed by atoms with Gasteiger partial charge >= 0.3 is 0 Å². The van der Waals surface area contributed by atoms with Crippen molar-refractivity contribution >= 4 is 18.2 Å². The lowest BCUT2D eigenvalue weighted by atomic mass is 10.1. The van der Waals surface area contributed by atoms with Crippen molar-refractivity contribution in [3.05, 3.63) is 71.3 Å². The Labute approximate surface area is 140 Å². The molecule has 3 N–H and O–H groups in total. The number of hydrazone groups is 1. The molecule has 1 aliphatic rings. The fraction of sp³-hybridized carbons (Fsp3) is 0.158. The van der Waals surface area contributed by atoms with Gasteiger partial charge in [-0.25, -0.2) is 5.43 Å². The van der Waals surface area contributed by atoms with E-state index in [1.807, 2.05) is 60.7 Å². The van der Waals surface area contributed by atoms with Crippen LogP contribution in [0.1, 0.15) is 11.1 Å². The van der Waals surface area contributed by atoms with Crippen LogP contribution in [0.25, 0.3) is 6.08 Å². The molecule has 24 heavy (non-hydrogen) atoms. The largest absolute Gasteiger partial charge is 0.488 e. The van der Waals surface area contributed by atoms with Crippen LogP contribution < -0.4 is 15.9 Å². The minimum atomic E-state index is -0.637. The van der Waals surface area contributed by atoms with Crippen molar-refractivity contribution in [2.45, 2.75) is 12.5 Å². The Balaban J connectivity index is 1.54. The zero-order valence-corrected chi connectivity index (χ0v) is 13.2.